The van der Waals surface area contributed by atoms with Crippen LogP contribution in [0.4, 0.5) is 4.39 Å². The van der Waals surface area contributed by atoms with E-state index in [4.69, 9.17) is 0 Å². The molecule has 0 aliphatic carbocycles. The van der Waals surface area contributed by atoms with Gasteiger partial charge in [0.1, 0.15) is 12.7 Å². The zero-order chi connectivity index (χ0) is 10.8. The molecule has 0 unspecified atom stereocenters. The van der Waals surface area contributed by atoms with Gasteiger partial charge in [-0.3, -0.25) is 0 Å². The lowest BCUT2D eigenvalue weighted by atomic mass is 10.1. The molecule has 0 amide bonds. The van der Waals surface area contributed by atoms with Crippen molar-refractivity contribution in [3.63, 3.8) is 0 Å². The number of esters is 2. The van der Waals surface area contributed by atoms with Crippen molar-refractivity contribution in [2.75, 3.05) is 6.61 Å². The van der Waals surface area contributed by atoms with Crippen molar-refractivity contribution in [3.05, 3.63) is 12.7 Å². The maximum atomic E-state index is 13.2. The second kappa shape index (κ2) is 3.77. The van der Waals surface area contributed by atoms with Gasteiger partial charge in [0.25, 0.3) is 0 Å². The van der Waals surface area contributed by atoms with E-state index in [0.29, 0.717) is 0 Å². The summed E-state index contributed by atoms with van der Waals surface area (Å²) in [6, 6.07) is 0. The molecule has 0 spiro atoms. The van der Waals surface area contributed by atoms with Crippen molar-refractivity contribution in [2.45, 2.75) is 25.1 Å². The van der Waals surface area contributed by atoms with Crippen LogP contribution < -0.4 is 0 Å². The molecule has 0 saturated carbocycles. The van der Waals surface area contributed by atoms with Crippen molar-refractivity contribution in [2.24, 2.45) is 0 Å². The van der Waals surface area contributed by atoms with Crippen LogP contribution in [0.3, 0.4) is 0 Å². The zero-order valence-corrected chi connectivity index (χ0v) is 7.79. The minimum atomic E-state index is -1.97. The van der Waals surface area contributed by atoms with Crippen LogP contribution in [-0.4, -0.2) is 30.3 Å². The first-order valence-corrected chi connectivity index (χ1v) is 4.15. The average Bonchev–Trinajstić information content (AvgIpc) is 2.37. The van der Waals surface area contributed by atoms with Crippen molar-refractivity contribution in [3.8, 4) is 0 Å². The van der Waals surface area contributed by atoms with Crippen LogP contribution in [0.5, 0.6) is 0 Å². The number of hydrogen-bond donors (Lipinski definition) is 0. The van der Waals surface area contributed by atoms with Gasteiger partial charge >= 0.3 is 11.9 Å². The van der Waals surface area contributed by atoms with Crippen LogP contribution in [0.2, 0.25) is 0 Å². The number of carbonyl (C=O) groups excluding carboxylic acids is 2. The van der Waals surface area contributed by atoms with Gasteiger partial charge in [0, 0.05) is 12.5 Å². The monoisotopic (exact) mass is 202 g/mol. The molecular weight excluding hydrogens is 191 g/mol. The summed E-state index contributed by atoms with van der Waals surface area (Å²) < 4.78 is 22.5. The second-order valence-corrected chi connectivity index (χ2v) is 3.26. The van der Waals surface area contributed by atoms with Gasteiger partial charge in [0.15, 0.2) is 0 Å². The fraction of sp³-hybridized carbons (Fsp3) is 0.556. The standard InChI is InChI=1S/C9H11FO4/c1-3-7(11)13-5-6-4-9(2,10)8(12)14-6/h3,6H,1,4-5H2,2H3/t6-,9+/m0/s1. The lowest BCUT2D eigenvalue weighted by molar-refractivity contribution is -0.153. The van der Waals surface area contributed by atoms with Crippen LogP contribution in [0, 0.1) is 0 Å². The van der Waals surface area contributed by atoms with Crippen LogP contribution >= 0.6 is 0 Å². The predicted molar refractivity (Wildman–Crippen MR) is 45.2 cm³/mol. The van der Waals surface area contributed by atoms with Crippen LogP contribution in [0.1, 0.15) is 13.3 Å². The summed E-state index contributed by atoms with van der Waals surface area (Å²) in [6.45, 7) is 4.21. The molecule has 0 radical (unpaired) electrons. The first-order chi connectivity index (χ1) is 6.45. The van der Waals surface area contributed by atoms with E-state index < -0.39 is 23.7 Å². The van der Waals surface area contributed by atoms with Gasteiger partial charge < -0.3 is 9.47 Å². The third kappa shape index (κ3) is 2.31. The third-order valence-corrected chi connectivity index (χ3v) is 1.89. The summed E-state index contributed by atoms with van der Waals surface area (Å²) >= 11 is 0. The molecule has 14 heavy (non-hydrogen) atoms. The number of ether oxygens (including phenoxy) is 2. The summed E-state index contributed by atoms with van der Waals surface area (Å²) in [4.78, 5) is 21.5. The van der Waals surface area contributed by atoms with Crippen molar-refractivity contribution in [1.82, 2.24) is 0 Å². The summed E-state index contributed by atoms with van der Waals surface area (Å²) in [6.07, 6.45) is 0.211. The quantitative estimate of drug-likeness (QED) is 0.500. The van der Waals surface area contributed by atoms with Gasteiger partial charge in [-0.1, -0.05) is 6.58 Å². The molecule has 1 aliphatic rings. The second-order valence-electron chi connectivity index (χ2n) is 3.26. The summed E-state index contributed by atoms with van der Waals surface area (Å²) in [5.74, 6) is -1.52. The van der Waals surface area contributed by atoms with Gasteiger partial charge in [0.05, 0.1) is 0 Å². The summed E-state index contributed by atoms with van der Waals surface area (Å²) in [5.41, 5.74) is -1.97. The highest BCUT2D eigenvalue weighted by Gasteiger charge is 2.46. The van der Waals surface area contributed by atoms with E-state index >= 15 is 0 Å². The normalized spacial score (nSPS) is 31.0. The van der Waals surface area contributed by atoms with Gasteiger partial charge in [-0.25, -0.2) is 14.0 Å². The lowest BCUT2D eigenvalue weighted by Gasteiger charge is -2.08. The van der Waals surface area contributed by atoms with E-state index in [0.717, 1.165) is 13.0 Å². The Balaban J connectivity index is 2.40. The molecule has 0 aromatic carbocycles. The Labute approximate surface area is 80.7 Å². The number of hydrogen-bond acceptors (Lipinski definition) is 4. The SMILES string of the molecule is C=CC(=O)OC[C@@H]1C[C@@](C)(F)C(=O)O1. The molecule has 2 atom stereocenters. The number of rotatable bonds is 3. The van der Waals surface area contributed by atoms with Crippen molar-refractivity contribution < 1.29 is 23.5 Å². The molecule has 1 aliphatic heterocycles. The van der Waals surface area contributed by atoms with Gasteiger partial charge in [-0.05, 0) is 6.92 Å². The first-order valence-electron chi connectivity index (χ1n) is 4.15. The largest absolute Gasteiger partial charge is 0.459 e. The molecule has 0 N–H and O–H groups in total. The number of halogens is 1. The summed E-state index contributed by atoms with van der Waals surface area (Å²) in [5, 5.41) is 0. The smallest absolute Gasteiger partial charge is 0.344 e. The Hall–Kier alpha value is -1.39. The van der Waals surface area contributed by atoms with E-state index in [9.17, 15) is 14.0 Å². The molecule has 0 aromatic rings. The number of cyclic esters (lactones) is 1. The summed E-state index contributed by atoms with van der Waals surface area (Å²) in [7, 11) is 0. The van der Waals surface area contributed by atoms with E-state index in [1.54, 1.807) is 0 Å². The van der Waals surface area contributed by atoms with E-state index in [-0.39, 0.29) is 13.0 Å². The van der Waals surface area contributed by atoms with Crippen LogP contribution in [0.15, 0.2) is 12.7 Å². The highest BCUT2D eigenvalue weighted by molar-refractivity contribution is 5.82. The Morgan fingerprint density at radius 1 is 1.93 bits per heavy atom. The highest BCUT2D eigenvalue weighted by Crippen LogP contribution is 2.28. The first kappa shape index (κ1) is 10.7. The predicted octanol–water partition coefficient (Wildman–Crippen LogP) is 0.759. The molecule has 4 nitrogen and oxygen atoms in total. The molecule has 0 bridgehead atoms. The van der Waals surface area contributed by atoms with Crippen LogP contribution in [0.25, 0.3) is 0 Å². The lowest BCUT2D eigenvalue weighted by Crippen LogP contribution is -2.23. The van der Waals surface area contributed by atoms with E-state index in [2.05, 4.69) is 16.1 Å². The van der Waals surface area contributed by atoms with Gasteiger partial charge in [0.2, 0.25) is 5.67 Å². The topological polar surface area (TPSA) is 52.6 Å². The molecule has 1 rings (SSSR count). The van der Waals surface area contributed by atoms with Gasteiger partial charge in [-0.15, -0.1) is 0 Å². The maximum absolute atomic E-state index is 13.2. The average molecular weight is 202 g/mol. The Bertz CT molecular complexity index is 272. The molecule has 78 valence electrons. The van der Waals surface area contributed by atoms with Crippen LogP contribution in [-0.2, 0) is 19.1 Å². The zero-order valence-electron chi connectivity index (χ0n) is 7.79. The fourth-order valence-corrected chi connectivity index (χ4v) is 1.15. The highest BCUT2D eigenvalue weighted by atomic mass is 19.1. The Morgan fingerprint density at radius 2 is 2.57 bits per heavy atom. The minimum Gasteiger partial charge on any atom is -0.459 e. The molecule has 1 heterocycles. The molecule has 0 aromatic heterocycles. The molecular formula is C9H11FO4. The minimum absolute atomic E-state index is 0.0870. The molecule has 5 heteroatoms. The maximum Gasteiger partial charge on any atom is 0.344 e. The Kier molecular flexibility index (Phi) is 2.88. The Morgan fingerprint density at radius 3 is 3.00 bits per heavy atom. The molecule has 1 saturated heterocycles. The van der Waals surface area contributed by atoms with E-state index in [1.807, 2.05) is 0 Å². The van der Waals surface area contributed by atoms with Gasteiger partial charge in [-0.2, -0.15) is 0 Å². The number of alkyl halides is 1. The van der Waals surface area contributed by atoms with E-state index in [1.165, 1.54) is 0 Å². The number of carbonyl (C=O) groups is 2. The van der Waals surface area contributed by atoms with Crippen molar-refractivity contribution in [1.29, 1.82) is 0 Å². The molecule has 1 fully saturated rings. The fourth-order valence-electron chi connectivity index (χ4n) is 1.15. The van der Waals surface area contributed by atoms with Crippen molar-refractivity contribution >= 4 is 11.9 Å². The third-order valence-electron chi connectivity index (χ3n) is 1.89.